The first-order valence-corrected chi connectivity index (χ1v) is 8.17. The number of alkyl halides is 3. The van der Waals surface area contributed by atoms with Crippen LogP contribution in [0.4, 0.5) is 24.5 Å². The molecule has 0 fully saturated rings. The fourth-order valence-electron chi connectivity index (χ4n) is 2.48. The third-order valence-electron chi connectivity index (χ3n) is 3.75. The van der Waals surface area contributed by atoms with Gasteiger partial charge < -0.3 is 10.6 Å². The van der Waals surface area contributed by atoms with Crippen LogP contribution in [0.25, 0.3) is 0 Å². The molecule has 0 unspecified atom stereocenters. The van der Waals surface area contributed by atoms with E-state index in [0.717, 1.165) is 17.7 Å². The number of anilines is 2. The van der Waals surface area contributed by atoms with Crippen LogP contribution in [-0.4, -0.2) is 22.2 Å². The molecule has 3 aromatic rings. The van der Waals surface area contributed by atoms with Gasteiger partial charge in [0.1, 0.15) is 0 Å². The van der Waals surface area contributed by atoms with Crippen LogP contribution in [0.15, 0.2) is 67.0 Å². The molecule has 0 aliphatic carbocycles. The highest BCUT2D eigenvalue weighted by Gasteiger charge is 2.30. The van der Waals surface area contributed by atoms with E-state index >= 15 is 0 Å². The first-order valence-electron chi connectivity index (χ1n) is 8.17. The average molecular weight is 374 g/mol. The molecule has 1 amide bonds. The Kier molecular flexibility index (Phi) is 5.44. The van der Waals surface area contributed by atoms with Gasteiger partial charge in [-0.3, -0.25) is 9.48 Å². The Morgan fingerprint density at radius 2 is 1.81 bits per heavy atom. The zero-order chi connectivity index (χ0) is 19.3. The zero-order valence-electron chi connectivity index (χ0n) is 14.2. The van der Waals surface area contributed by atoms with Gasteiger partial charge in [-0.15, -0.1) is 0 Å². The van der Waals surface area contributed by atoms with Gasteiger partial charge in [-0.25, -0.2) is 0 Å². The van der Waals surface area contributed by atoms with Crippen molar-refractivity contribution in [2.24, 2.45) is 0 Å². The van der Waals surface area contributed by atoms with Crippen LogP contribution in [-0.2, 0) is 17.5 Å². The van der Waals surface area contributed by atoms with Crippen molar-refractivity contribution < 1.29 is 18.0 Å². The number of hydrogen-bond acceptors (Lipinski definition) is 3. The molecule has 1 aromatic heterocycles. The highest BCUT2D eigenvalue weighted by atomic mass is 19.4. The number of hydrogen-bond donors (Lipinski definition) is 2. The third kappa shape index (κ3) is 5.34. The van der Waals surface area contributed by atoms with Crippen molar-refractivity contribution in [1.82, 2.24) is 9.78 Å². The SMILES string of the molecule is O=C(CNc1cccc(C(F)(F)F)c1)Nc1cnn(Cc2ccccc2)c1. The van der Waals surface area contributed by atoms with E-state index in [0.29, 0.717) is 12.2 Å². The normalized spacial score (nSPS) is 11.2. The van der Waals surface area contributed by atoms with Gasteiger partial charge in [-0.05, 0) is 23.8 Å². The highest BCUT2D eigenvalue weighted by Crippen LogP contribution is 2.30. The number of carbonyl (C=O) groups is 1. The van der Waals surface area contributed by atoms with Gasteiger partial charge in [0.25, 0.3) is 0 Å². The lowest BCUT2D eigenvalue weighted by Gasteiger charge is -2.10. The Morgan fingerprint density at radius 3 is 2.56 bits per heavy atom. The van der Waals surface area contributed by atoms with Gasteiger partial charge in [-0.1, -0.05) is 36.4 Å². The summed E-state index contributed by atoms with van der Waals surface area (Å²) in [4.78, 5) is 12.0. The fraction of sp³-hybridized carbons (Fsp3) is 0.158. The Morgan fingerprint density at radius 1 is 1.04 bits per heavy atom. The van der Waals surface area contributed by atoms with Crippen molar-refractivity contribution >= 4 is 17.3 Å². The molecule has 140 valence electrons. The topological polar surface area (TPSA) is 59.0 Å². The van der Waals surface area contributed by atoms with Crippen LogP contribution < -0.4 is 10.6 Å². The van der Waals surface area contributed by atoms with Crippen molar-refractivity contribution in [3.05, 3.63) is 78.1 Å². The second-order valence-electron chi connectivity index (χ2n) is 5.89. The van der Waals surface area contributed by atoms with Gasteiger partial charge in [0.05, 0.1) is 30.5 Å². The molecule has 0 saturated heterocycles. The quantitative estimate of drug-likeness (QED) is 0.686. The van der Waals surface area contributed by atoms with Gasteiger partial charge in [0, 0.05) is 11.9 Å². The van der Waals surface area contributed by atoms with E-state index in [1.165, 1.54) is 18.3 Å². The molecule has 27 heavy (non-hydrogen) atoms. The Bertz CT molecular complexity index is 907. The number of nitrogens with one attached hydrogen (secondary N) is 2. The smallest absolute Gasteiger partial charge is 0.376 e. The van der Waals surface area contributed by atoms with Gasteiger partial charge >= 0.3 is 6.18 Å². The van der Waals surface area contributed by atoms with Crippen LogP contribution in [0.1, 0.15) is 11.1 Å². The first kappa shape index (κ1) is 18.5. The van der Waals surface area contributed by atoms with Crippen LogP contribution in [0.5, 0.6) is 0 Å². The molecule has 2 N–H and O–H groups in total. The van der Waals surface area contributed by atoms with Crippen molar-refractivity contribution in [2.45, 2.75) is 12.7 Å². The summed E-state index contributed by atoms with van der Waals surface area (Å²) < 4.78 is 39.8. The number of amides is 1. The maximum Gasteiger partial charge on any atom is 0.416 e. The minimum absolute atomic E-state index is 0.162. The molecule has 0 bridgehead atoms. The molecule has 1 heterocycles. The van der Waals surface area contributed by atoms with Crippen LogP contribution in [0.3, 0.4) is 0 Å². The lowest BCUT2D eigenvalue weighted by atomic mass is 10.2. The van der Waals surface area contributed by atoms with E-state index < -0.39 is 11.7 Å². The van der Waals surface area contributed by atoms with Crippen molar-refractivity contribution in [3.8, 4) is 0 Å². The number of nitrogens with zero attached hydrogens (tertiary/aromatic N) is 2. The minimum atomic E-state index is -4.42. The summed E-state index contributed by atoms with van der Waals surface area (Å²) in [6.07, 6.45) is -1.21. The molecular formula is C19H17F3N4O. The summed E-state index contributed by atoms with van der Waals surface area (Å²) in [6, 6.07) is 14.4. The first-order chi connectivity index (χ1) is 12.9. The van der Waals surface area contributed by atoms with E-state index in [4.69, 9.17) is 0 Å². The predicted molar refractivity (Wildman–Crippen MR) is 96.3 cm³/mol. The Balaban J connectivity index is 1.53. The predicted octanol–water partition coefficient (Wildman–Crippen LogP) is 4.00. The Hall–Kier alpha value is -3.29. The summed E-state index contributed by atoms with van der Waals surface area (Å²) in [7, 11) is 0. The van der Waals surface area contributed by atoms with Crippen molar-refractivity contribution in [3.63, 3.8) is 0 Å². The largest absolute Gasteiger partial charge is 0.416 e. The van der Waals surface area contributed by atoms with Gasteiger partial charge in [0.2, 0.25) is 5.91 Å². The molecule has 0 saturated carbocycles. The second-order valence-corrected chi connectivity index (χ2v) is 5.89. The molecule has 0 atom stereocenters. The maximum atomic E-state index is 12.7. The summed E-state index contributed by atoms with van der Waals surface area (Å²) in [5, 5.41) is 9.52. The Labute approximate surface area is 153 Å². The molecule has 8 heteroatoms. The summed E-state index contributed by atoms with van der Waals surface area (Å²) in [6.45, 7) is 0.407. The number of rotatable bonds is 6. The van der Waals surface area contributed by atoms with Crippen LogP contribution >= 0.6 is 0 Å². The van der Waals surface area contributed by atoms with E-state index in [-0.39, 0.29) is 18.1 Å². The summed E-state index contributed by atoms with van der Waals surface area (Å²) in [5.74, 6) is -0.383. The van der Waals surface area contributed by atoms with E-state index in [1.807, 2.05) is 30.3 Å². The summed E-state index contributed by atoms with van der Waals surface area (Å²) in [5.41, 5.74) is 1.04. The van der Waals surface area contributed by atoms with E-state index in [9.17, 15) is 18.0 Å². The molecule has 0 spiro atoms. The number of benzene rings is 2. The summed E-state index contributed by atoms with van der Waals surface area (Å²) >= 11 is 0. The van der Waals surface area contributed by atoms with Gasteiger partial charge in [0.15, 0.2) is 0 Å². The third-order valence-corrected chi connectivity index (χ3v) is 3.75. The molecular weight excluding hydrogens is 357 g/mol. The van der Waals surface area contributed by atoms with Crippen LogP contribution in [0.2, 0.25) is 0 Å². The van der Waals surface area contributed by atoms with Crippen LogP contribution in [0, 0.1) is 0 Å². The molecule has 0 radical (unpaired) electrons. The van der Waals surface area contributed by atoms with Crippen molar-refractivity contribution in [1.29, 1.82) is 0 Å². The van der Waals surface area contributed by atoms with Crippen molar-refractivity contribution in [2.75, 3.05) is 17.2 Å². The number of aromatic nitrogens is 2. The van der Waals surface area contributed by atoms with E-state index in [1.54, 1.807) is 10.9 Å². The highest BCUT2D eigenvalue weighted by molar-refractivity contribution is 5.93. The minimum Gasteiger partial charge on any atom is -0.376 e. The molecule has 0 aliphatic rings. The fourth-order valence-corrected chi connectivity index (χ4v) is 2.48. The average Bonchev–Trinajstić information content (AvgIpc) is 3.07. The lowest BCUT2D eigenvalue weighted by Crippen LogP contribution is -2.21. The molecule has 2 aromatic carbocycles. The number of halogens is 3. The monoisotopic (exact) mass is 374 g/mol. The number of carbonyl (C=O) groups excluding carboxylic acids is 1. The molecule has 0 aliphatic heterocycles. The van der Waals surface area contributed by atoms with Gasteiger partial charge in [-0.2, -0.15) is 18.3 Å². The standard InChI is InChI=1S/C19H17F3N4O/c20-19(21,22)15-7-4-8-16(9-15)23-11-18(27)25-17-10-24-26(13-17)12-14-5-2-1-3-6-14/h1-10,13,23H,11-12H2,(H,25,27). The second kappa shape index (κ2) is 7.94. The zero-order valence-corrected chi connectivity index (χ0v) is 14.2. The molecule has 5 nitrogen and oxygen atoms in total. The molecule has 3 rings (SSSR count). The lowest BCUT2D eigenvalue weighted by molar-refractivity contribution is -0.137. The maximum absolute atomic E-state index is 12.7. The van der Waals surface area contributed by atoms with E-state index in [2.05, 4.69) is 15.7 Å².